The SMILES string of the molecule is CCN(CC)c1ccc(/C=N/Nc2nc(SCc3ccccn3)n[nH]2)cc1. The fourth-order valence-electron chi connectivity index (χ4n) is 2.51. The first-order valence-corrected chi connectivity index (χ1v) is 9.86. The van der Waals surface area contributed by atoms with Gasteiger partial charge < -0.3 is 4.90 Å². The van der Waals surface area contributed by atoms with Crippen LogP contribution in [0.1, 0.15) is 25.1 Å². The van der Waals surface area contributed by atoms with Crippen LogP contribution < -0.4 is 10.3 Å². The Morgan fingerprint density at radius 1 is 1.15 bits per heavy atom. The number of nitrogens with zero attached hydrogens (tertiary/aromatic N) is 5. The lowest BCUT2D eigenvalue weighted by atomic mass is 10.2. The number of hydrazone groups is 1. The van der Waals surface area contributed by atoms with Crippen LogP contribution >= 0.6 is 11.8 Å². The molecule has 0 spiro atoms. The summed E-state index contributed by atoms with van der Waals surface area (Å²) >= 11 is 1.52. The van der Waals surface area contributed by atoms with E-state index in [4.69, 9.17) is 0 Å². The van der Waals surface area contributed by atoms with Gasteiger partial charge in [0, 0.05) is 30.7 Å². The molecule has 1 aromatic carbocycles. The Kier molecular flexibility index (Phi) is 6.81. The Morgan fingerprint density at radius 2 is 1.96 bits per heavy atom. The van der Waals surface area contributed by atoms with Gasteiger partial charge in [0.1, 0.15) is 0 Å². The van der Waals surface area contributed by atoms with E-state index in [0.29, 0.717) is 11.1 Å². The second kappa shape index (κ2) is 9.72. The zero-order valence-corrected chi connectivity index (χ0v) is 16.3. The molecule has 3 rings (SSSR count). The second-order valence-corrected chi connectivity index (χ2v) is 6.65. The molecule has 27 heavy (non-hydrogen) atoms. The molecule has 0 fully saturated rings. The van der Waals surface area contributed by atoms with Gasteiger partial charge in [0.25, 0.3) is 0 Å². The highest BCUT2D eigenvalue weighted by Crippen LogP contribution is 2.18. The Balaban J connectivity index is 1.50. The molecule has 0 atom stereocenters. The van der Waals surface area contributed by atoms with E-state index in [9.17, 15) is 0 Å². The topological polar surface area (TPSA) is 82.1 Å². The summed E-state index contributed by atoms with van der Waals surface area (Å²) in [6, 6.07) is 14.2. The molecule has 3 aromatic rings. The molecule has 140 valence electrons. The maximum Gasteiger partial charge on any atom is 0.240 e. The highest BCUT2D eigenvalue weighted by Gasteiger charge is 2.04. The first-order valence-electron chi connectivity index (χ1n) is 8.87. The van der Waals surface area contributed by atoms with E-state index in [-0.39, 0.29) is 0 Å². The average molecular weight is 382 g/mol. The summed E-state index contributed by atoms with van der Waals surface area (Å²) in [5, 5.41) is 11.9. The van der Waals surface area contributed by atoms with E-state index in [1.54, 1.807) is 12.4 Å². The van der Waals surface area contributed by atoms with Crippen LogP contribution in [0.5, 0.6) is 0 Å². The van der Waals surface area contributed by atoms with Crippen molar-refractivity contribution in [2.75, 3.05) is 23.4 Å². The number of nitrogens with one attached hydrogen (secondary N) is 2. The van der Waals surface area contributed by atoms with Crippen LogP contribution in [0.25, 0.3) is 0 Å². The zero-order valence-electron chi connectivity index (χ0n) is 15.5. The zero-order chi connectivity index (χ0) is 18.9. The monoisotopic (exact) mass is 381 g/mol. The van der Waals surface area contributed by atoms with Crippen molar-refractivity contribution in [3.8, 4) is 0 Å². The van der Waals surface area contributed by atoms with E-state index < -0.39 is 0 Å². The quantitative estimate of drug-likeness (QED) is 0.333. The summed E-state index contributed by atoms with van der Waals surface area (Å²) in [5.74, 6) is 1.23. The van der Waals surface area contributed by atoms with Gasteiger partial charge in [0.15, 0.2) is 0 Å². The minimum absolute atomic E-state index is 0.509. The average Bonchev–Trinajstić information content (AvgIpc) is 3.17. The second-order valence-electron chi connectivity index (χ2n) is 5.71. The Labute approximate surface area is 163 Å². The standard InChI is InChI=1S/C19H23N7S/c1-3-26(4-2)17-10-8-15(9-11-17)13-21-23-18-22-19(25-24-18)27-14-16-7-5-6-12-20-16/h5-13H,3-4,14H2,1-2H3,(H2,22,23,24,25)/b21-13+. The van der Waals surface area contributed by atoms with Crippen molar-refractivity contribution >= 4 is 29.6 Å². The minimum Gasteiger partial charge on any atom is -0.372 e. The maximum absolute atomic E-state index is 4.35. The molecule has 0 saturated heterocycles. The van der Waals surface area contributed by atoms with E-state index >= 15 is 0 Å². The van der Waals surface area contributed by atoms with Gasteiger partial charge in [-0.15, -0.1) is 5.10 Å². The van der Waals surface area contributed by atoms with Crippen LogP contribution in [0, 0.1) is 0 Å². The van der Waals surface area contributed by atoms with Crippen molar-refractivity contribution in [1.82, 2.24) is 20.2 Å². The Bertz CT molecular complexity index is 842. The van der Waals surface area contributed by atoms with Crippen LogP contribution in [-0.4, -0.2) is 39.5 Å². The highest BCUT2D eigenvalue weighted by molar-refractivity contribution is 7.98. The first-order chi connectivity index (χ1) is 13.3. The first kappa shape index (κ1) is 18.9. The van der Waals surface area contributed by atoms with E-state index in [1.165, 1.54) is 17.4 Å². The van der Waals surface area contributed by atoms with Gasteiger partial charge in [-0.2, -0.15) is 10.1 Å². The summed E-state index contributed by atoms with van der Waals surface area (Å²) in [4.78, 5) is 10.9. The Morgan fingerprint density at radius 3 is 2.67 bits per heavy atom. The summed E-state index contributed by atoms with van der Waals surface area (Å²) in [7, 11) is 0. The molecule has 2 aromatic heterocycles. The van der Waals surface area contributed by atoms with Crippen molar-refractivity contribution in [3.05, 3.63) is 59.9 Å². The minimum atomic E-state index is 0.509. The molecule has 0 aliphatic rings. The highest BCUT2D eigenvalue weighted by atomic mass is 32.2. The van der Waals surface area contributed by atoms with Crippen LogP contribution in [0.2, 0.25) is 0 Å². The largest absolute Gasteiger partial charge is 0.372 e. The maximum atomic E-state index is 4.35. The van der Waals surface area contributed by atoms with Crippen LogP contribution in [0.4, 0.5) is 11.6 Å². The Hall–Kier alpha value is -2.87. The molecule has 2 heterocycles. The number of anilines is 2. The van der Waals surface area contributed by atoms with Gasteiger partial charge in [0.05, 0.1) is 11.9 Å². The predicted molar refractivity (Wildman–Crippen MR) is 111 cm³/mol. The number of pyridine rings is 1. The fourth-order valence-corrected chi connectivity index (χ4v) is 3.22. The van der Waals surface area contributed by atoms with Gasteiger partial charge >= 0.3 is 0 Å². The predicted octanol–water partition coefficient (Wildman–Crippen LogP) is 3.78. The number of aromatic amines is 1. The molecular formula is C19H23N7S. The molecule has 2 N–H and O–H groups in total. The van der Waals surface area contributed by atoms with Crippen LogP contribution in [-0.2, 0) is 5.75 Å². The lowest BCUT2D eigenvalue weighted by Crippen LogP contribution is -2.21. The smallest absolute Gasteiger partial charge is 0.240 e. The van der Waals surface area contributed by atoms with Gasteiger partial charge in [-0.1, -0.05) is 30.0 Å². The van der Waals surface area contributed by atoms with Crippen LogP contribution in [0.3, 0.4) is 0 Å². The van der Waals surface area contributed by atoms with Crippen molar-refractivity contribution in [3.63, 3.8) is 0 Å². The number of hydrogen-bond acceptors (Lipinski definition) is 7. The lowest BCUT2D eigenvalue weighted by Gasteiger charge is -2.20. The van der Waals surface area contributed by atoms with E-state index in [1.807, 2.05) is 30.3 Å². The van der Waals surface area contributed by atoms with Gasteiger partial charge in [0.2, 0.25) is 11.1 Å². The van der Waals surface area contributed by atoms with E-state index in [0.717, 1.165) is 30.1 Å². The normalized spacial score (nSPS) is 11.0. The molecule has 0 aliphatic heterocycles. The van der Waals surface area contributed by atoms with Crippen LogP contribution in [0.15, 0.2) is 58.9 Å². The van der Waals surface area contributed by atoms with Crippen molar-refractivity contribution in [1.29, 1.82) is 0 Å². The third kappa shape index (κ3) is 5.55. The van der Waals surface area contributed by atoms with Crippen molar-refractivity contribution in [2.45, 2.75) is 24.8 Å². The summed E-state index contributed by atoms with van der Waals surface area (Å²) in [5.41, 5.74) is 6.10. The molecule has 0 unspecified atom stereocenters. The number of H-pyrrole nitrogens is 1. The molecule has 0 radical (unpaired) electrons. The van der Waals surface area contributed by atoms with E-state index in [2.05, 4.69) is 61.6 Å². The third-order valence-electron chi connectivity index (χ3n) is 3.95. The lowest BCUT2D eigenvalue weighted by molar-refractivity contribution is 0.866. The number of aromatic nitrogens is 4. The number of rotatable bonds is 9. The number of benzene rings is 1. The molecule has 7 nitrogen and oxygen atoms in total. The summed E-state index contributed by atoms with van der Waals surface area (Å²) in [6.45, 7) is 6.31. The summed E-state index contributed by atoms with van der Waals surface area (Å²) < 4.78 is 0. The van der Waals surface area contributed by atoms with Gasteiger partial charge in [-0.3, -0.25) is 4.98 Å². The fraction of sp³-hybridized carbons (Fsp3) is 0.263. The molecule has 0 amide bonds. The number of hydrogen-bond donors (Lipinski definition) is 2. The molecule has 0 aliphatic carbocycles. The summed E-state index contributed by atoms with van der Waals surface area (Å²) in [6.07, 6.45) is 3.54. The van der Waals surface area contributed by atoms with Crippen molar-refractivity contribution in [2.24, 2.45) is 5.10 Å². The van der Waals surface area contributed by atoms with Crippen molar-refractivity contribution < 1.29 is 0 Å². The molecule has 0 bridgehead atoms. The molecular weight excluding hydrogens is 358 g/mol. The third-order valence-corrected chi connectivity index (χ3v) is 4.83. The van der Waals surface area contributed by atoms with Gasteiger partial charge in [-0.25, -0.2) is 10.5 Å². The number of thioether (sulfide) groups is 1. The molecule has 8 heteroatoms. The van der Waals surface area contributed by atoms with Gasteiger partial charge in [-0.05, 0) is 43.7 Å². The molecule has 0 saturated carbocycles.